The minimum Gasteiger partial charge on any atom is -0.326 e. The van der Waals surface area contributed by atoms with Crippen LogP contribution in [0.25, 0.3) is 0 Å². The zero-order valence-corrected chi connectivity index (χ0v) is 13.6. The molecule has 0 saturated heterocycles. The normalized spacial score (nSPS) is 17.5. The fraction of sp³-hybridized carbons (Fsp3) is 0.188. The molecule has 0 aromatic heterocycles. The molecule has 1 unspecified atom stereocenters. The molecule has 1 aliphatic heterocycles. The van der Waals surface area contributed by atoms with Crippen LogP contribution in [0, 0.1) is 0 Å². The third kappa shape index (κ3) is 2.84. The van der Waals surface area contributed by atoms with Gasteiger partial charge < -0.3 is 10.6 Å². The van der Waals surface area contributed by atoms with Crippen molar-refractivity contribution < 1.29 is 4.79 Å². The summed E-state index contributed by atoms with van der Waals surface area (Å²) in [6, 6.07) is 13.0. The summed E-state index contributed by atoms with van der Waals surface area (Å²) >= 11 is 9.43. The second-order valence-electron chi connectivity index (χ2n) is 5.13. The highest BCUT2D eigenvalue weighted by atomic mass is 79.9. The minimum absolute atomic E-state index is 0.0539. The fourth-order valence-electron chi connectivity index (χ4n) is 2.63. The summed E-state index contributed by atoms with van der Waals surface area (Å²) < 4.78 is 0.730. The van der Waals surface area contributed by atoms with Gasteiger partial charge in [-0.15, -0.1) is 0 Å². The topological polar surface area (TPSA) is 46.3 Å². The van der Waals surface area contributed by atoms with Crippen LogP contribution in [0.3, 0.4) is 0 Å². The van der Waals surface area contributed by atoms with Gasteiger partial charge in [0.15, 0.2) is 0 Å². The highest BCUT2D eigenvalue weighted by molar-refractivity contribution is 9.10. The molecule has 0 fully saturated rings. The van der Waals surface area contributed by atoms with Gasteiger partial charge in [-0.05, 0) is 52.2 Å². The number of fused-ring (bicyclic) bond motifs is 1. The van der Waals surface area contributed by atoms with Gasteiger partial charge in [-0.2, -0.15) is 0 Å². The Morgan fingerprint density at radius 1 is 1.29 bits per heavy atom. The van der Waals surface area contributed by atoms with Gasteiger partial charge in [0.1, 0.15) is 0 Å². The van der Waals surface area contributed by atoms with Crippen LogP contribution in [-0.4, -0.2) is 18.5 Å². The summed E-state index contributed by atoms with van der Waals surface area (Å²) in [5.74, 6) is -0.0908. The number of nitrogens with two attached hydrogens (primary N) is 1. The van der Waals surface area contributed by atoms with Crippen LogP contribution in [-0.2, 0) is 6.42 Å². The van der Waals surface area contributed by atoms with E-state index in [0.717, 1.165) is 22.1 Å². The first-order valence-electron chi connectivity index (χ1n) is 6.66. The van der Waals surface area contributed by atoms with Gasteiger partial charge in [0.2, 0.25) is 0 Å². The molecule has 0 radical (unpaired) electrons. The van der Waals surface area contributed by atoms with Crippen molar-refractivity contribution in [1.29, 1.82) is 0 Å². The van der Waals surface area contributed by atoms with Gasteiger partial charge >= 0.3 is 0 Å². The molecule has 3 nitrogen and oxygen atoms in total. The maximum atomic E-state index is 12.9. The number of nitrogens with zero attached hydrogens (tertiary/aromatic N) is 1. The molecule has 0 bridgehead atoms. The van der Waals surface area contributed by atoms with Crippen molar-refractivity contribution in [2.45, 2.75) is 12.5 Å². The predicted molar refractivity (Wildman–Crippen MR) is 88.9 cm³/mol. The van der Waals surface area contributed by atoms with E-state index in [1.165, 1.54) is 0 Å². The number of rotatable bonds is 1. The first-order chi connectivity index (χ1) is 10.1. The molecule has 1 amide bonds. The molecule has 2 aromatic carbocycles. The number of halogens is 2. The van der Waals surface area contributed by atoms with Crippen LogP contribution in [0.15, 0.2) is 46.9 Å². The second-order valence-corrected chi connectivity index (χ2v) is 6.42. The summed E-state index contributed by atoms with van der Waals surface area (Å²) in [6.45, 7) is 0.509. The summed E-state index contributed by atoms with van der Waals surface area (Å²) in [4.78, 5) is 14.6. The Hall–Kier alpha value is -1.36. The van der Waals surface area contributed by atoms with E-state index >= 15 is 0 Å². The van der Waals surface area contributed by atoms with Crippen LogP contribution in [0.2, 0.25) is 5.02 Å². The van der Waals surface area contributed by atoms with E-state index < -0.39 is 0 Å². The molecule has 108 valence electrons. The van der Waals surface area contributed by atoms with E-state index in [1.54, 1.807) is 23.1 Å². The number of carbonyl (C=O) groups excluding carboxylic acids is 1. The molecule has 1 heterocycles. The molecule has 2 aromatic rings. The lowest BCUT2D eigenvalue weighted by molar-refractivity contribution is 0.0982. The Bertz CT molecular complexity index is 704. The van der Waals surface area contributed by atoms with Crippen LogP contribution in [0.1, 0.15) is 15.9 Å². The van der Waals surface area contributed by atoms with Gasteiger partial charge in [-0.1, -0.05) is 29.8 Å². The lowest BCUT2D eigenvalue weighted by Gasteiger charge is -2.33. The third-order valence-corrected chi connectivity index (χ3v) is 4.51. The van der Waals surface area contributed by atoms with Crippen molar-refractivity contribution in [3.05, 3.63) is 63.1 Å². The number of para-hydroxylation sites is 1. The van der Waals surface area contributed by atoms with Crippen molar-refractivity contribution in [3.8, 4) is 0 Å². The maximum absolute atomic E-state index is 12.9. The van der Waals surface area contributed by atoms with Crippen molar-refractivity contribution >= 4 is 39.1 Å². The van der Waals surface area contributed by atoms with Gasteiger partial charge in [0.05, 0.1) is 5.56 Å². The predicted octanol–water partition coefficient (Wildman–Crippen LogP) is 3.63. The molecule has 1 atom stereocenters. The molecule has 0 aliphatic carbocycles. The molecule has 3 rings (SSSR count). The minimum atomic E-state index is -0.0908. The number of amides is 1. The van der Waals surface area contributed by atoms with Crippen LogP contribution >= 0.6 is 27.5 Å². The summed E-state index contributed by atoms with van der Waals surface area (Å²) in [6.07, 6.45) is 0.788. The zero-order valence-electron chi connectivity index (χ0n) is 11.2. The monoisotopic (exact) mass is 364 g/mol. The molecule has 21 heavy (non-hydrogen) atoms. The fourth-order valence-corrected chi connectivity index (χ4v) is 3.21. The third-order valence-electron chi connectivity index (χ3n) is 3.59. The number of hydrogen-bond acceptors (Lipinski definition) is 2. The quantitative estimate of drug-likeness (QED) is 0.839. The van der Waals surface area contributed by atoms with Crippen LogP contribution in [0.4, 0.5) is 5.69 Å². The Balaban J connectivity index is 2.04. The van der Waals surface area contributed by atoms with Gasteiger partial charge in [-0.3, -0.25) is 4.79 Å². The van der Waals surface area contributed by atoms with Crippen LogP contribution < -0.4 is 10.6 Å². The second kappa shape index (κ2) is 5.79. The molecule has 0 saturated carbocycles. The highest BCUT2D eigenvalue weighted by Crippen LogP contribution is 2.30. The average molecular weight is 366 g/mol. The Morgan fingerprint density at radius 3 is 2.86 bits per heavy atom. The summed E-state index contributed by atoms with van der Waals surface area (Å²) in [5, 5.41) is 0.538. The Morgan fingerprint density at radius 2 is 2.05 bits per heavy atom. The molecule has 5 heteroatoms. The van der Waals surface area contributed by atoms with E-state index in [4.69, 9.17) is 17.3 Å². The van der Waals surface area contributed by atoms with Crippen LogP contribution in [0.5, 0.6) is 0 Å². The Labute approximate surface area is 136 Å². The van der Waals surface area contributed by atoms with Gasteiger partial charge in [-0.25, -0.2) is 0 Å². The largest absolute Gasteiger partial charge is 0.326 e. The van der Waals surface area contributed by atoms with Crippen molar-refractivity contribution in [2.75, 3.05) is 11.4 Å². The van der Waals surface area contributed by atoms with Crippen molar-refractivity contribution in [3.63, 3.8) is 0 Å². The molecular weight excluding hydrogens is 352 g/mol. The number of carbonyl (C=O) groups is 1. The van der Waals surface area contributed by atoms with E-state index in [1.807, 2.05) is 24.3 Å². The van der Waals surface area contributed by atoms with E-state index in [0.29, 0.717) is 17.1 Å². The first-order valence-corrected chi connectivity index (χ1v) is 7.84. The molecular formula is C16H14BrClN2O. The average Bonchev–Trinajstić information content (AvgIpc) is 2.48. The standard InChI is InChI=1S/C16H14BrClN2O/c17-14-6-5-11(18)8-13(14)16(21)20-9-12(19)7-10-3-1-2-4-15(10)20/h1-6,8,12H,7,9,19H2. The summed E-state index contributed by atoms with van der Waals surface area (Å²) in [5.41, 5.74) is 8.67. The highest BCUT2D eigenvalue weighted by Gasteiger charge is 2.28. The first kappa shape index (κ1) is 14.6. The lowest BCUT2D eigenvalue weighted by atomic mass is 9.97. The number of benzene rings is 2. The Kier molecular flexibility index (Phi) is 4.02. The lowest BCUT2D eigenvalue weighted by Crippen LogP contribution is -2.46. The SMILES string of the molecule is NC1Cc2ccccc2N(C(=O)c2cc(Cl)ccc2Br)C1. The molecule has 0 spiro atoms. The number of anilines is 1. The zero-order chi connectivity index (χ0) is 15.0. The van der Waals surface area contributed by atoms with Crippen molar-refractivity contribution in [1.82, 2.24) is 0 Å². The van der Waals surface area contributed by atoms with Gasteiger partial charge in [0.25, 0.3) is 5.91 Å². The smallest absolute Gasteiger partial charge is 0.259 e. The van der Waals surface area contributed by atoms with E-state index in [9.17, 15) is 4.79 Å². The van der Waals surface area contributed by atoms with Gasteiger partial charge in [0, 0.05) is 27.8 Å². The maximum Gasteiger partial charge on any atom is 0.259 e. The number of hydrogen-bond donors (Lipinski definition) is 1. The summed E-state index contributed by atoms with van der Waals surface area (Å²) in [7, 11) is 0. The van der Waals surface area contributed by atoms with E-state index in [-0.39, 0.29) is 11.9 Å². The van der Waals surface area contributed by atoms with Crippen molar-refractivity contribution in [2.24, 2.45) is 5.73 Å². The molecule has 1 aliphatic rings. The molecule has 2 N–H and O–H groups in total. The van der Waals surface area contributed by atoms with E-state index in [2.05, 4.69) is 15.9 Å².